The zero-order chi connectivity index (χ0) is 26.2. The number of hydrogen-bond acceptors (Lipinski definition) is 6. The van der Waals surface area contributed by atoms with Crippen molar-refractivity contribution in [3.8, 4) is 23.0 Å². The van der Waals surface area contributed by atoms with Crippen LogP contribution in [-0.4, -0.2) is 38.4 Å². The van der Waals surface area contributed by atoms with E-state index in [1.54, 1.807) is 62.9 Å². The van der Waals surface area contributed by atoms with Gasteiger partial charge in [0.25, 0.3) is 0 Å². The molecule has 0 radical (unpaired) electrons. The molecule has 0 aliphatic heterocycles. The van der Waals surface area contributed by atoms with E-state index < -0.39 is 11.8 Å². The number of carbonyl (C=O) groups excluding carboxylic acids is 1. The number of aromatic nitrogens is 1. The standard InChI is InChI=1S/C27H23FN4O5/c1-29-24-15-20-23(16-26(24)36-13-12-34-2)30-11-10-25(20)37-19-8-9-22(21(28)14-19)32-27(33)31-17-4-6-18(35-3)7-5-17/h4-11,14-16H,12-13H2,2-3H3,(H2,31,32,33). The summed E-state index contributed by atoms with van der Waals surface area (Å²) in [5, 5.41) is 5.66. The van der Waals surface area contributed by atoms with Gasteiger partial charge in [-0.3, -0.25) is 4.98 Å². The van der Waals surface area contributed by atoms with Gasteiger partial charge in [0.1, 0.15) is 35.4 Å². The highest BCUT2D eigenvalue weighted by molar-refractivity contribution is 6.00. The highest BCUT2D eigenvalue weighted by Gasteiger charge is 2.13. The zero-order valence-corrected chi connectivity index (χ0v) is 20.1. The topological polar surface area (TPSA) is 95.3 Å². The monoisotopic (exact) mass is 502 g/mol. The van der Waals surface area contributed by atoms with Gasteiger partial charge in [0.15, 0.2) is 0 Å². The Labute approximate surface area is 212 Å². The van der Waals surface area contributed by atoms with Crippen LogP contribution in [0.25, 0.3) is 15.7 Å². The fourth-order valence-electron chi connectivity index (χ4n) is 3.41. The van der Waals surface area contributed by atoms with E-state index in [9.17, 15) is 9.18 Å². The van der Waals surface area contributed by atoms with Crippen molar-refractivity contribution >= 4 is 34.0 Å². The summed E-state index contributed by atoms with van der Waals surface area (Å²) in [5.74, 6) is 0.942. The van der Waals surface area contributed by atoms with Gasteiger partial charge in [-0.25, -0.2) is 14.0 Å². The van der Waals surface area contributed by atoms with E-state index in [1.165, 1.54) is 12.1 Å². The van der Waals surface area contributed by atoms with Crippen LogP contribution < -0.4 is 24.8 Å². The molecule has 9 nitrogen and oxygen atoms in total. The summed E-state index contributed by atoms with van der Waals surface area (Å²) in [6, 6.07) is 15.1. The van der Waals surface area contributed by atoms with Gasteiger partial charge in [-0.2, -0.15) is 0 Å². The van der Waals surface area contributed by atoms with Crippen molar-refractivity contribution in [1.82, 2.24) is 4.98 Å². The molecular formula is C27H23FN4O5. The molecular weight excluding hydrogens is 479 g/mol. The van der Waals surface area contributed by atoms with Gasteiger partial charge < -0.3 is 29.6 Å². The van der Waals surface area contributed by atoms with Crippen molar-refractivity contribution in [2.24, 2.45) is 0 Å². The molecule has 1 aromatic heterocycles. The lowest BCUT2D eigenvalue weighted by Gasteiger charge is -2.13. The molecule has 0 bridgehead atoms. The number of amides is 2. The minimum atomic E-state index is -0.684. The Morgan fingerprint density at radius 1 is 0.973 bits per heavy atom. The number of urea groups is 1. The van der Waals surface area contributed by atoms with E-state index in [-0.39, 0.29) is 17.1 Å². The lowest BCUT2D eigenvalue weighted by atomic mass is 10.1. The molecule has 10 heteroatoms. The number of nitrogens with one attached hydrogen (secondary N) is 2. The quantitative estimate of drug-likeness (QED) is 0.203. The molecule has 1 heterocycles. The predicted molar refractivity (Wildman–Crippen MR) is 137 cm³/mol. The smallest absolute Gasteiger partial charge is 0.323 e. The second-order valence-corrected chi connectivity index (χ2v) is 7.65. The normalized spacial score (nSPS) is 10.4. The zero-order valence-electron chi connectivity index (χ0n) is 20.1. The third-order valence-electron chi connectivity index (χ3n) is 5.21. The number of ether oxygens (including phenoxy) is 4. The Morgan fingerprint density at radius 2 is 1.76 bits per heavy atom. The van der Waals surface area contributed by atoms with E-state index in [1.807, 2.05) is 0 Å². The Morgan fingerprint density at radius 3 is 2.46 bits per heavy atom. The van der Waals surface area contributed by atoms with Crippen LogP contribution >= 0.6 is 0 Å². The second kappa shape index (κ2) is 11.7. The summed E-state index contributed by atoms with van der Waals surface area (Å²) in [7, 11) is 3.11. The molecule has 4 rings (SSSR count). The van der Waals surface area contributed by atoms with Crippen LogP contribution in [-0.2, 0) is 4.74 Å². The molecule has 4 aromatic rings. The van der Waals surface area contributed by atoms with E-state index in [0.717, 1.165) is 6.07 Å². The lowest BCUT2D eigenvalue weighted by molar-refractivity contribution is 0.147. The molecule has 2 amide bonds. The summed E-state index contributed by atoms with van der Waals surface area (Å²) in [5.41, 5.74) is 1.33. The van der Waals surface area contributed by atoms with Crippen LogP contribution in [0.3, 0.4) is 0 Å². The predicted octanol–water partition coefficient (Wildman–Crippen LogP) is 6.39. The number of halogens is 1. The number of rotatable bonds is 9. The molecule has 0 spiro atoms. The highest BCUT2D eigenvalue weighted by Crippen LogP contribution is 2.37. The molecule has 37 heavy (non-hydrogen) atoms. The molecule has 0 unspecified atom stereocenters. The molecule has 0 fully saturated rings. The van der Waals surface area contributed by atoms with Gasteiger partial charge in [0.05, 0.1) is 31.5 Å². The lowest BCUT2D eigenvalue weighted by Crippen LogP contribution is -2.20. The van der Waals surface area contributed by atoms with Crippen LogP contribution in [0.5, 0.6) is 23.0 Å². The van der Waals surface area contributed by atoms with Crippen molar-refractivity contribution < 1.29 is 28.1 Å². The van der Waals surface area contributed by atoms with Gasteiger partial charge in [-0.15, -0.1) is 0 Å². The van der Waals surface area contributed by atoms with E-state index in [0.29, 0.717) is 47.1 Å². The van der Waals surface area contributed by atoms with E-state index in [4.69, 9.17) is 25.5 Å². The second-order valence-electron chi connectivity index (χ2n) is 7.65. The van der Waals surface area contributed by atoms with Crippen LogP contribution in [0.15, 0.2) is 66.9 Å². The molecule has 0 saturated heterocycles. The number of benzene rings is 3. The number of carbonyl (C=O) groups is 1. The van der Waals surface area contributed by atoms with Crippen LogP contribution in [0.2, 0.25) is 0 Å². The minimum Gasteiger partial charge on any atom is -0.502 e. The van der Waals surface area contributed by atoms with Crippen molar-refractivity contribution in [2.75, 3.05) is 38.1 Å². The van der Waals surface area contributed by atoms with Crippen molar-refractivity contribution in [1.29, 1.82) is 0 Å². The van der Waals surface area contributed by atoms with Gasteiger partial charge >= 0.3 is 6.03 Å². The number of hydrogen-bond donors (Lipinski definition) is 2. The summed E-state index contributed by atoms with van der Waals surface area (Å²) >= 11 is 0. The first-order valence-corrected chi connectivity index (χ1v) is 11.1. The Balaban J connectivity index is 1.49. The summed E-state index contributed by atoms with van der Waals surface area (Å²) in [6.45, 7) is 8.16. The number of anilines is 2. The first-order valence-electron chi connectivity index (χ1n) is 11.1. The Kier molecular flexibility index (Phi) is 7.98. The van der Waals surface area contributed by atoms with Crippen LogP contribution in [0, 0.1) is 12.4 Å². The summed E-state index contributed by atoms with van der Waals surface area (Å²) < 4.78 is 36.4. The van der Waals surface area contributed by atoms with Gasteiger partial charge in [0, 0.05) is 30.4 Å². The molecule has 0 saturated carbocycles. The SMILES string of the molecule is [C-]#[N+]c1cc2c(Oc3ccc(NC(=O)Nc4ccc(OC)cc4)c(F)c3)ccnc2cc1OCCOC. The number of methoxy groups -OCH3 is 2. The van der Waals surface area contributed by atoms with Gasteiger partial charge in [0.2, 0.25) is 5.69 Å². The third-order valence-corrected chi connectivity index (χ3v) is 5.21. The van der Waals surface area contributed by atoms with Crippen LogP contribution in [0.4, 0.5) is 26.2 Å². The maximum absolute atomic E-state index is 14.8. The molecule has 2 N–H and O–H groups in total. The fourth-order valence-corrected chi connectivity index (χ4v) is 3.41. The molecule has 188 valence electrons. The number of pyridine rings is 1. The summed E-state index contributed by atoms with van der Waals surface area (Å²) in [6.07, 6.45) is 1.55. The average molecular weight is 503 g/mol. The highest BCUT2D eigenvalue weighted by atomic mass is 19.1. The van der Waals surface area contributed by atoms with Crippen molar-refractivity contribution in [3.63, 3.8) is 0 Å². The molecule has 0 atom stereocenters. The first kappa shape index (κ1) is 25.2. The third kappa shape index (κ3) is 6.22. The molecule has 0 aliphatic rings. The van der Waals surface area contributed by atoms with Crippen LogP contribution in [0.1, 0.15) is 0 Å². The molecule has 3 aromatic carbocycles. The largest absolute Gasteiger partial charge is 0.502 e. The Hall–Kier alpha value is -4.88. The number of nitrogens with zero attached hydrogens (tertiary/aromatic N) is 2. The van der Waals surface area contributed by atoms with E-state index in [2.05, 4.69) is 20.5 Å². The average Bonchev–Trinajstić information content (AvgIpc) is 2.90. The number of fused-ring (bicyclic) bond motifs is 1. The van der Waals surface area contributed by atoms with Crippen molar-refractivity contribution in [3.05, 3.63) is 84.1 Å². The fraction of sp³-hybridized carbons (Fsp3) is 0.148. The van der Waals surface area contributed by atoms with Crippen molar-refractivity contribution in [2.45, 2.75) is 0 Å². The maximum atomic E-state index is 14.8. The Bertz CT molecular complexity index is 1450. The van der Waals surface area contributed by atoms with Gasteiger partial charge in [-0.05, 0) is 54.6 Å². The van der Waals surface area contributed by atoms with Gasteiger partial charge in [-0.1, -0.05) is 0 Å². The van der Waals surface area contributed by atoms with E-state index >= 15 is 0 Å². The molecule has 0 aliphatic carbocycles. The summed E-state index contributed by atoms with van der Waals surface area (Å²) in [4.78, 5) is 20.1. The minimum absolute atomic E-state index is 0.0221. The maximum Gasteiger partial charge on any atom is 0.323 e. The first-order chi connectivity index (χ1) is 18.0.